The van der Waals surface area contributed by atoms with Crippen LogP contribution in [0, 0.1) is 3.57 Å². The normalized spacial score (nSPS) is 11.4. The fraction of sp³-hybridized carbons (Fsp3) is 0. The van der Waals surface area contributed by atoms with Crippen molar-refractivity contribution in [2.24, 2.45) is 0 Å². The zero-order valence-corrected chi connectivity index (χ0v) is 15.6. The number of rotatable bonds is 3. The van der Waals surface area contributed by atoms with Crippen LogP contribution in [0.1, 0.15) is 0 Å². The lowest BCUT2D eigenvalue weighted by Crippen LogP contribution is -2.15. The lowest BCUT2D eigenvalue weighted by atomic mass is 10.4. The zero-order valence-electron chi connectivity index (χ0n) is 9.57. The number of sulfonamides is 1. The minimum absolute atomic E-state index is 0.0300. The van der Waals surface area contributed by atoms with Crippen LogP contribution in [0.5, 0.6) is 0 Å². The molecule has 1 aromatic carbocycles. The van der Waals surface area contributed by atoms with E-state index in [9.17, 15) is 8.42 Å². The Kier molecular flexibility index (Phi) is 5.17. The molecule has 0 bridgehead atoms. The van der Waals surface area contributed by atoms with Crippen molar-refractivity contribution >= 4 is 77.6 Å². The summed E-state index contributed by atoms with van der Waals surface area (Å²) in [6, 6.07) is 6.21. The van der Waals surface area contributed by atoms with Crippen LogP contribution in [0.25, 0.3) is 0 Å². The van der Waals surface area contributed by atoms with E-state index in [1.165, 1.54) is 12.1 Å². The predicted molar refractivity (Wildman–Crippen MR) is 91.9 cm³/mol. The highest BCUT2D eigenvalue weighted by atomic mass is 127. The minimum Gasteiger partial charge on any atom is -0.263 e. The van der Waals surface area contributed by atoms with Gasteiger partial charge in [0.2, 0.25) is 0 Å². The molecule has 0 aliphatic heterocycles. The molecule has 1 N–H and O–H groups in total. The molecule has 0 amide bonds. The molecule has 0 radical (unpaired) electrons. The van der Waals surface area contributed by atoms with Crippen molar-refractivity contribution in [2.45, 2.75) is 4.90 Å². The van der Waals surface area contributed by atoms with E-state index < -0.39 is 10.0 Å². The van der Waals surface area contributed by atoms with E-state index in [0.29, 0.717) is 4.47 Å². The van der Waals surface area contributed by atoms with Crippen LogP contribution in [-0.2, 0) is 10.0 Å². The number of hydrogen-bond donors (Lipinski definition) is 1. The molecule has 106 valence electrons. The topological polar surface area (TPSA) is 59.1 Å². The smallest absolute Gasteiger partial charge is 0.263 e. The van der Waals surface area contributed by atoms with Gasteiger partial charge in [0.05, 0.1) is 10.0 Å². The number of anilines is 1. The Labute approximate surface area is 148 Å². The number of benzene rings is 1. The Morgan fingerprint density at radius 1 is 1.20 bits per heavy atom. The molecule has 0 fully saturated rings. The first-order chi connectivity index (χ1) is 9.29. The second-order valence-corrected chi connectivity index (χ2v) is 8.26. The molecule has 0 unspecified atom stereocenters. The second kappa shape index (κ2) is 6.35. The Bertz CT molecular complexity index is 731. The molecule has 1 aromatic heterocycles. The van der Waals surface area contributed by atoms with Gasteiger partial charge in [-0.25, -0.2) is 13.4 Å². The first-order valence-corrected chi connectivity index (χ1v) is 9.19. The summed E-state index contributed by atoms with van der Waals surface area (Å²) in [4.78, 5) is 3.80. The van der Waals surface area contributed by atoms with Crippen molar-refractivity contribution in [3.05, 3.63) is 48.6 Å². The third kappa shape index (κ3) is 3.76. The van der Waals surface area contributed by atoms with Crippen molar-refractivity contribution in [1.29, 1.82) is 0 Å². The van der Waals surface area contributed by atoms with Crippen molar-refractivity contribution in [1.82, 2.24) is 4.98 Å². The van der Waals surface area contributed by atoms with Gasteiger partial charge >= 0.3 is 0 Å². The Hall–Kier alpha value is -0.0900. The SMILES string of the molecule is O=S(=O)(Nc1ccc(I)cn1)c1c(Cl)cc(Br)cc1Cl. The summed E-state index contributed by atoms with van der Waals surface area (Å²) in [6.07, 6.45) is 1.54. The summed E-state index contributed by atoms with van der Waals surface area (Å²) < 4.78 is 28.4. The minimum atomic E-state index is -3.90. The van der Waals surface area contributed by atoms with Crippen LogP contribution in [-0.4, -0.2) is 13.4 Å². The van der Waals surface area contributed by atoms with Crippen molar-refractivity contribution in [3.8, 4) is 0 Å². The van der Waals surface area contributed by atoms with E-state index in [1.54, 1.807) is 18.3 Å². The molecule has 1 heterocycles. The lowest BCUT2D eigenvalue weighted by Gasteiger charge is -2.11. The summed E-state index contributed by atoms with van der Waals surface area (Å²) in [7, 11) is -3.90. The van der Waals surface area contributed by atoms with Gasteiger partial charge in [0.1, 0.15) is 10.7 Å². The highest BCUT2D eigenvalue weighted by Crippen LogP contribution is 2.33. The maximum atomic E-state index is 12.3. The average Bonchev–Trinajstić information content (AvgIpc) is 2.30. The first-order valence-electron chi connectivity index (χ1n) is 5.08. The number of hydrogen-bond acceptors (Lipinski definition) is 3. The fourth-order valence-electron chi connectivity index (χ4n) is 1.41. The molecule has 0 aliphatic carbocycles. The fourth-order valence-corrected chi connectivity index (χ4v) is 4.68. The number of pyridine rings is 1. The van der Waals surface area contributed by atoms with Crippen molar-refractivity contribution < 1.29 is 8.42 Å². The highest BCUT2D eigenvalue weighted by molar-refractivity contribution is 14.1. The Balaban J connectivity index is 2.43. The predicted octanol–water partition coefficient (Wildman–Crippen LogP) is 4.56. The van der Waals surface area contributed by atoms with Gasteiger partial charge < -0.3 is 0 Å². The number of nitrogens with one attached hydrogen (secondary N) is 1. The molecule has 0 atom stereocenters. The van der Waals surface area contributed by atoms with Gasteiger partial charge in [0, 0.05) is 14.2 Å². The third-order valence-electron chi connectivity index (χ3n) is 2.20. The van der Waals surface area contributed by atoms with Crippen molar-refractivity contribution in [3.63, 3.8) is 0 Å². The van der Waals surface area contributed by atoms with Crippen LogP contribution >= 0.6 is 61.7 Å². The van der Waals surface area contributed by atoms with Crippen LogP contribution < -0.4 is 4.72 Å². The molecule has 2 rings (SSSR count). The van der Waals surface area contributed by atoms with E-state index in [2.05, 4.69) is 48.2 Å². The molecule has 20 heavy (non-hydrogen) atoms. The second-order valence-electron chi connectivity index (χ2n) is 3.67. The van der Waals surface area contributed by atoms with E-state index >= 15 is 0 Å². The molecule has 0 saturated heterocycles. The van der Waals surface area contributed by atoms with Crippen LogP contribution in [0.15, 0.2) is 39.8 Å². The standard InChI is InChI=1S/C11H6BrCl2IN2O2S/c12-6-3-8(13)11(9(14)4-6)20(18,19)17-10-2-1-7(15)5-16-10/h1-5H,(H,16,17). The molecule has 9 heteroatoms. The lowest BCUT2D eigenvalue weighted by molar-refractivity contribution is 0.601. The first kappa shape index (κ1) is 16.3. The summed E-state index contributed by atoms with van der Waals surface area (Å²) in [5.74, 6) is 0.195. The van der Waals surface area contributed by atoms with Crippen molar-refractivity contribution in [2.75, 3.05) is 4.72 Å². The van der Waals surface area contributed by atoms with Gasteiger partial charge in [0.25, 0.3) is 10.0 Å². The molecule has 0 saturated carbocycles. The largest absolute Gasteiger partial charge is 0.266 e. The Morgan fingerprint density at radius 2 is 1.80 bits per heavy atom. The van der Waals surface area contributed by atoms with E-state index in [1.807, 2.05) is 0 Å². The monoisotopic (exact) mass is 506 g/mol. The maximum absolute atomic E-state index is 12.3. The average molecular weight is 508 g/mol. The van der Waals surface area contributed by atoms with Gasteiger partial charge in [-0.15, -0.1) is 0 Å². The van der Waals surface area contributed by atoms with Gasteiger partial charge in [-0.2, -0.15) is 0 Å². The molecule has 2 aromatic rings. The molecule has 4 nitrogen and oxygen atoms in total. The van der Waals surface area contributed by atoms with E-state index in [4.69, 9.17) is 23.2 Å². The zero-order chi connectivity index (χ0) is 14.9. The van der Waals surface area contributed by atoms with Gasteiger partial charge in [-0.3, -0.25) is 4.72 Å². The van der Waals surface area contributed by atoms with E-state index in [-0.39, 0.29) is 20.8 Å². The van der Waals surface area contributed by atoms with E-state index in [0.717, 1.165) is 3.57 Å². The molecular formula is C11H6BrCl2IN2O2S. The summed E-state index contributed by atoms with van der Waals surface area (Å²) >= 11 is 17.2. The van der Waals surface area contributed by atoms with Crippen LogP contribution in [0.4, 0.5) is 5.82 Å². The third-order valence-corrected chi connectivity index (χ3v) is 5.57. The molecular weight excluding hydrogens is 502 g/mol. The highest BCUT2D eigenvalue weighted by Gasteiger charge is 2.22. The van der Waals surface area contributed by atoms with Gasteiger partial charge in [0.15, 0.2) is 0 Å². The summed E-state index contributed by atoms with van der Waals surface area (Å²) in [6.45, 7) is 0. The van der Waals surface area contributed by atoms with Gasteiger partial charge in [-0.05, 0) is 46.9 Å². The summed E-state index contributed by atoms with van der Waals surface area (Å²) in [5.41, 5.74) is 0. The number of aromatic nitrogens is 1. The van der Waals surface area contributed by atoms with Crippen LogP contribution in [0.2, 0.25) is 10.0 Å². The van der Waals surface area contributed by atoms with Gasteiger partial charge in [-0.1, -0.05) is 39.1 Å². The maximum Gasteiger partial charge on any atom is 0.266 e. The Morgan fingerprint density at radius 3 is 2.30 bits per heavy atom. The number of nitrogens with zero attached hydrogens (tertiary/aromatic N) is 1. The van der Waals surface area contributed by atoms with Crippen LogP contribution in [0.3, 0.4) is 0 Å². The molecule has 0 aliphatic rings. The quantitative estimate of drug-likeness (QED) is 0.620. The number of halogens is 4. The summed E-state index contributed by atoms with van der Waals surface area (Å²) in [5, 5.41) is 0.0600. The molecule has 0 spiro atoms.